The third kappa shape index (κ3) is 4.20. The fraction of sp³-hybridized carbons (Fsp3) is 0.368. The molecule has 1 saturated heterocycles. The molecule has 1 aromatic heterocycles. The predicted molar refractivity (Wildman–Crippen MR) is 101 cm³/mol. The summed E-state index contributed by atoms with van der Waals surface area (Å²) < 4.78 is 0. The Morgan fingerprint density at radius 2 is 2.04 bits per heavy atom. The summed E-state index contributed by atoms with van der Waals surface area (Å²) in [6, 6.07) is 9.65. The first-order valence-corrected chi connectivity index (χ1v) is 9.40. The van der Waals surface area contributed by atoms with Crippen molar-refractivity contribution >= 4 is 28.8 Å². The summed E-state index contributed by atoms with van der Waals surface area (Å²) in [4.78, 5) is 27.9. The molecule has 2 heterocycles. The third-order valence-electron chi connectivity index (χ3n) is 4.65. The van der Waals surface area contributed by atoms with Gasteiger partial charge in [0.15, 0.2) is 0 Å². The van der Waals surface area contributed by atoms with Crippen LogP contribution < -0.4 is 10.6 Å². The molecule has 0 unspecified atom stereocenters. The number of rotatable bonds is 5. The van der Waals surface area contributed by atoms with Crippen LogP contribution in [-0.2, 0) is 11.3 Å². The maximum atomic E-state index is 12.6. The van der Waals surface area contributed by atoms with Gasteiger partial charge in [-0.05, 0) is 59.5 Å². The van der Waals surface area contributed by atoms with Gasteiger partial charge in [-0.3, -0.25) is 9.59 Å². The molecule has 1 atom stereocenters. The Bertz CT molecular complexity index is 728. The summed E-state index contributed by atoms with van der Waals surface area (Å²) in [7, 11) is 1.82. The van der Waals surface area contributed by atoms with E-state index in [0.717, 1.165) is 30.6 Å². The lowest BCUT2D eigenvalue weighted by Gasteiger charge is -2.33. The van der Waals surface area contributed by atoms with Crippen molar-refractivity contribution in [2.45, 2.75) is 19.4 Å². The zero-order valence-corrected chi connectivity index (χ0v) is 15.2. The van der Waals surface area contributed by atoms with Crippen molar-refractivity contribution in [3.05, 3.63) is 52.2 Å². The maximum Gasteiger partial charge on any atom is 0.253 e. The average Bonchev–Trinajstić information content (AvgIpc) is 3.14. The van der Waals surface area contributed by atoms with Gasteiger partial charge in [-0.1, -0.05) is 0 Å². The Morgan fingerprint density at radius 3 is 2.68 bits per heavy atom. The summed E-state index contributed by atoms with van der Waals surface area (Å²) in [6.07, 6.45) is 1.81. The largest absolute Gasteiger partial charge is 0.371 e. The second-order valence-corrected chi connectivity index (χ2v) is 7.31. The Morgan fingerprint density at radius 1 is 1.28 bits per heavy atom. The number of anilines is 1. The monoisotopic (exact) mass is 357 g/mol. The van der Waals surface area contributed by atoms with Gasteiger partial charge in [0.25, 0.3) is 5.91 Å². The molecular weight excluding hydrogens is 334 g/mol. The minimum Gasteiger partial charge on any atom is -0.371 e. The maximum absolute atomic E-state index is 12.6. The van der Waals surface area contributed by atoms with Crippen molar-refractivity contribution in [3.8, 4) is 0 Å². The number of thiophene rings is 1. The highest BCUT2D eigenvalue weighted by Gasteiger charge is 2.24. The van der Waals surface area contributed by atoms with E-state index in [9.17, 15) is 9.59 Å². The molecule has 2 aromatic rings. The van der Waals surface area contributed by atoms with Gasteiger partial charge >= 0.3 is 0 Å². The zero-order valence-electron chi connectivity index (χ0n) is 14.4. The van der Waals surface area contributed by atoms with E-state index >= 15 is 0 Å². The van der Waals surface area contributed by atoms with Gasteiger partial charge in [-0.25, -0.2) is 0 Å². The smallest absolute Gasteiger partial charge is 0.253 e. The van der Waals surface area contributed by atoms with E-state index in [-0.39, 0.29) is 17.7 Å². The molecule has 0 bridgehead atoms. The van der Waals surface area contributed by atoms with E-state index in [1.54, 1.807) is 16.2 Å². The number of carbonyl (C=O) groups is 2. The van der Waals surface area contributed by atoms with Crippen molar-refractivity contribution in [2.75, 3.05) is 25.0 Å². The predicted octanol–water partition coefficient (Wildman–Crippen LogP) is 2.72. The van der Waals surface area contributed by atoms with Crippen LogP contribution in [0.15, 0.2) is 41.1 Å². The van der Waals surface area contributed by atoms with Crippen LogP contribution in [0.1, 0.15) is 28.8 Å². The summed E-state index contributed by atoms with van der Waals surface area (Å²) in [6.45, 7) is 2.17. The highest BCUT2D eigenvalue weighted by atomic mass is 32.1. The molecule has 5 nitrogen and oxygen atoms in total. The minimum absolute atomic E-state index is 0.00593. The molecule has 2 amide bonds. The number of nitrogens with two attached hydrogens (primary N) is 1. The van der Waals surface area contributed by atoms with Crippen molar-refractivity contribution in [1.82, 2.24) is 4.90 Å². The van der Waals surface area contributed by atoms with Crippen molar-refractivity contribution in [2.24, 2.45) is 11.7 Å². The molecule has 0 aliphatic carbocycles. The molecule has 2 N–H and O–H groups in total. The van der Waals surface area contributed by atoms with E-state index in [1.807, 2.05) is 42.8 Å². The average molecular weight is 357 g/mol. The van der Waals surface area contributed by atoms with E-state index in [4.69, 9.17) is 5.73 Å². The highest BCUT2D eigenvalue weighted by molar-refractivity contribution is 7.07. The molecule has 1 aliphatic heterocycles. The van der Waals surface area contributed by atoms with Crippen molar-refractivity contribution < 1.29 is 9.59 Å². The van der Waals surface area contributed by atoms with Gasteiger partial charge in [0, 0.05) is 37.9 Å². The summed E-state index contributed by atoms with van der Waals surface area (Å²) in [5.41, 5.74) is 8.29. The lowest BCUT2D eigenvalue weighted by Crippen LogP contribution is -2.41. The Balaban J connectivity index is 1.65. The zero-order chi connectivity index (χ0) is 17.8. The molecule has 0 saturated carbocycles. The molecule has 6 heteroatoms. The topological polar surface area (TPSA) is 66.6 Å². The van der Waals surface area contributed by atoms with Gasteiger partial charge < -0.3 is 15.5 Å². The van der Waals surface area contributed by atoms with Gasteiger partial charge in [0.2, 0.25) is 5.91 Å². The van der Waals surface area contributed by atoms with E-state index in [0.29, 0.717) is 18.7 Å². The first kappa shape index (κ1) is 17.5. The number of primary amides is 1. The number of carbonyl (C=O) groups excluding carboxylic acids is 2. The number of piperidine rings is 1. The molecule has 0 spiro atoms. The van der Waals surface area contributed by atoms with Crippen LogP contribution in [0.4, 0.5) is 5.69 Å². The molecule has 0 radical (unpaired) electrons. The van der Waals surface area contributed by atoms with Crippen LogP contribution >= 0.6 is 11.3 Å². The molecule has 132 valence electrons. The molecule has 1 fully saturated rings. The fourth-order valence-corrected chi connectivity index (χ4v) is 3.87. The van der Waals surface area contributed by atoms with E-state index in [1.165, 1.54) is 0 Å². The molecule has 25 heavy (non-hydrogen) atoms. The van der Waals surface area contributed by atoms with Crippen LogP contribution in [0.5, 0.6) is 0 Å². The van der Waals surface area contributed by atoms with Gasteiger partial charge in [0.05, 0.1) is 5.92 Å². The van der Waals surface area contributed by atoms with Gasteiger partial charge in [-0.2, -0.15) is 11.3 Å². The van der Waals surface area contributed by atoms with E-state index in [2.05, 4.69) is 10.3 Å². The van der Waals surface area contributed by atoms with E-state index < -0.39 is 0 Å². The summed E-state index contributed by atoms with van der Waals surface area (Å²) in [5, 5.41) is 4.07. The highest BCUT2D eigenvalue weighted by Crippen LogP contribution is 2.24. The van der Waals surface area contributed by atoms with Crippen LogP contribution in [0.3, 0.4) is 0 Å². The number of hydrogen-bond acceptors (Lipinski definition) is 4. The first-order valence-electron chi connectivity index (χ1n) is 8.45. The van der Waals surface area contributed by atoms with Crippen LogP contribution in [-0.4, -0.2) is 36.9 Å². The summed E-state index contributed by atoms with van der Waals surface area (Å²) in [5.74, 6) is -0.315. The summed E-state index contributed by atoms with van der Waals surface area (Å²) >= 11 is 1.63. The van der Waals surface area contributed by atoms with Gasteiger partial charge in [-0.15, -0.1) is 0 Å². The van der Waals surface area contributed by atoms with Crippen LogP contribution in [0.25, 0.3) is 0 Å². The quantitative estimate of drug-likeness (QED) is 0.895. The standard InChI is InChI=1S/C19H23N3O2S/c1-21(11-14-8-10-25-13-14)19(24)15-4-6-17(7-5-15)22-9-2-3-16(12-22)18(20)23/h4-8,10,13,16H,2-3,9,11-12H2,1H3,(H2,20,23)/t16-/m0/s1. The lowest BCUT2D eigenvalue weighted by atomic mass is 9.97. The number of hydrogen-bond donors (Lipinski definition) is 1. The second-order valence-electron chi connectivity index (χ2n) is 6.53. The van der Waals surface area contributed by atoms with Crippen molar-refractivity contribution in [1.29, 1.82) is 0 Å². The Labute approximate surface area is 152 Å². The molecule has 1 aromatic carbocycles. The molecular formula is C19H23N3O2S. The SMILES string of the molecule is CN(Cc1ccsc1)C(=O)c1ccc(N2CCC[C@H](C(N)=O)C2)cc1. The fourth-order valence-electron chi connectivity index (χ4n) is 3.21. The Kier molecular flexibility index (Phi) is 5.38. The van der Waals surface area contributed by atoms with Crippen LogP contribution in [0, 0.1) is 5.92 Å². The first-order chi connectivity index (χ1) is 12.0. The van der Waals surface area contributed by atoms with Crippen LogP contribution in [0.2, 0.25) is 0 Å². The normalized spacial score (nSPS) is 17.3. The Hall–Kier alpha value is -2.34. The molecule has 3 rings (SSSR count). The lowest BCUT2D eigenvalue weighted by molar-refractivity contribution is -0.122. The second kappa shape index (κ2) is 7.70. The van der Waals surface area contributed by atoms with Crippen molar-refractivity contribution in [3.63, 3.8) is 0 Å². The number of benzene rings is 1. The molecule has 1 aliphatic rings. The number of amides is 2. The minimum atomic E-state index is -0.230. The third-order valence-corrected chi connectivity index (χ3v) is 5.38. The number of nitrogens with zero attached hydrogens (tertiary/aromatic N) is 2. The van der Waals surface area contributed by atoms with Gasteiger partial charge in [0.1, 0.15) is 0 Å².